The predicted molar refractivity (Wildman–Crippen MR) is 99.3 cm³/mol. The highest BCUT2D eigenvalue weighted by Gasteiger charge is 2.19. The standard InChI is InChI=1S/C19H18FN3O6/c1-25-14-6-10(7-15(26-2)17(14)27-3)18-23-22-16(29-18)9-28-19(24)12-5-4-11(20)8-13(12)21/h4-8H,9,21H2,1-3H3. The molecule has 0 atom stereocenters. The van der Waals surface area contributed by atoms with Crippen molar-refractivity contribution in [2.45, 2.75) is 6.61 Å². The van der Waals surface area contributed by atoms with E-state index in [-0.39, 0.29) is 29.6 Å². The third-order valence-corrected chi connectivity index (χ3v) is 3.94. The van der Waals surface area contributed by atoms with Gasteiger partial charge >= 0.3 is 5.97 Å². The van der Waals surface area contributed by atoms with Gasteiger partial charge in [-0.1, -0.05) is 0 Å². The van der Waals surface area contributed by atoms with Crippen LogP contribution in [-0.2, 0) is 11.3 Å². The predicted octanol–water partition coefficient (Wildman–Crippen LogP) is 2.84. The molecule has 0 aliphatic heterocycles. The van der Waals surface area contributed by atoms with Crippen LogP contribution in [0.4, 0.5) is 10.1 Å². The number of benzene rings is 2. The van der Waals surface area contributed by atoms with E-state index in [0.717, 1.165) is 12.1 Å². The Labute approximate surface area is 165 Å². The summed E-state index contributed by atoms with van der Waals surface area (Å²) in [5.41, 5.74) is 6.15. The lowest BCUT2D eigenvalue weighted by Crippen LogP contribution is -2.08. The summed E-state index contributed by atoms with van der Waals surface area (Å²) < 4.78 is 39.6. The smallest absolute Gasteiger partial charge is 0.340 e. The first-order valence-corrected chi connectivity index (χ1v) is 8.31. The molecule has 152 valence electrons. The van der Waals surface area contributed by atoms with Crippen LogP contribution in [-0.4, -0.2) is 37.5 Å². The number of aromatic nitrogens is 2. The molecular weight excluding hydrogens is 385 g/mol. The Hall–Kier alpha value is -3.82. The number of carbonyl (C=O) groups is 1. The lowest BCUT2D eigenvalue weighted by atomic mass is 10.2. The second-order valence-electron chi connectivity index (χ2n) is 5.72. The van der Waals surface area contributed by atoms with Gasteiger partial charge in [-0.2, -0.15) is 0 Å². The number of ether oxygens (including phenoxy) is 4. The molecular formula is C19H18FN3O6. The van der Waals surface area contributed by atoms with E-state index in [1.807, 2.05) is 0 Å². The summed E-state index contributed by atoms with van der Waals surface area (Å²) in [5, 5.41) is 7.79. The van der Waals surface area contributed by atoms with Gasteiger partial charge < -0.3 is 29.1 Å². The molecule has 0 saturated heterocycles. The van der Waals surface area contributed by atoms with Gasteiger partial charge in [0.15, 0.2) is 18.1 Å². The highest BCUT2D eigenvalue weighted by molar-refractivity contribution is 5.94. The maximum absolute atomic E-state index is 13.1. The Kier molecular flexibility index (Phi) is 5.82. The zero-order valence-electron chi connectivity index (χ0n) is 15.9. The molecule has 1 aromatic heterocycles. The molecule has 0 radical (unpaired) electrons. The van der Waals surface area contributed by atoms with Gasteiger partial charge in [-0.05, 0) is 30.3 Å². The zero-order chi connectivity index (χ0) is 21.0. The maximum atomic E-state index is 13.1. The molecule has 0 saturated carbocycles. The summed E-state index contributed by atoms with van der Waals surface area (Å²) in [4.78, 5) is 12.1. The fourth-order valence-electron chi connectivity index (χ4n) is 2.56. The van der Waals surface area contributed by atoms with Crippen molar-refractivity contribution in [2.75, 3.05) is 27.1 Å². The van der Waals surface area contributed by atoms with Gasteiger partial charge in [0.05, 0.1) is 26.9 Å². The first-order valence-electron chi connectivity index (χ1n) is 8.31. The molecule has 3 rings (SSSR count). The van der Waals surface area contributed by atoms with Crippen LogP contribution in [0.25, 0.3) is 11.5 Å². The highest BCUT2D eigenvalue weighted by atomic mass is 19.1. The van der Waals surface area contributed by atoms with Crippen molar-refractivity contribution < 1.29 is 32.5 Å². The van der Waals surface area contributed by atoms with Gasteiger partial charge in [0.1, 0.15) is 5.82 Å². The number of hydrogen-bond donors (Lipinski definition) is 1. The molecule has 0 unspecified atom stereocenters. The number of nitrogens with zero attached hydrogens (tertiary/aromatic N) is 2. The molecule has 0 aliphatic carbocycles. The Morgan fingerprint density at radius 3 is 2.34 bits per heavy atom. The highest BCUT2D eigenvalue weighted by Crippen LogP contribution is 2.40. The number of nitrogen functional groups attached to an aromatic ring is 1. The summed E-state index contributed by atoms with van der Waals surface area (Å²) in [5.74, 6) is 0.185. The number of nitrogens with two attached hydrogens (primary N) is 1. The van der Waals surface area contributed by atoms with E-state index >= 15 is 0 Å². The first kappa shape index (κ1) is 19.9. The van der Waals surface area contributed by atoms with Crippen LogP contribution in [0.2, 0.25) is 0 Å². The minimum absolute atomic E-state index is 0.0290. The lowest BCUT2D eigenvalue weighted by molar-refractivity contribution is 0.0440. The van der Waals surface area contributed by atoms with Crippen molar-refractivity contribution in [3.8, 4) is 28.7 Å². The van der Waals surface area contributed by atoms with Crippen molar-refractivity contribution in [3.63, 3.8) is 0 Å². The molecule has 0 spiro atoms. The number of rotatable bonds is 7. The third-order valence-electron chi connectivity index (χ3n) is 3.94. The third kappa shape index (κ3) is 4.21. The van der Waals surface area contributed by atoms with E-state index in [1.165, 1.54) is 27.4 Å². The van der Waals surface area contributed by atoms with Gasteiger partial charge in [0.25, 0.3) is 5.89 Å². The maximum Gasteiger partial charge on any atom is 0.340 e. The monoisotopic (exact) mass is 403 g/mol. The molecule has 3 aromatic rings. The summed E-state index contributed by atoms with van der Waals surface area (Å²) in [6.07, 6.45) is 0. The summed E-state index contributed by atoms with van der Waals surface area (Å²) in [7, 11) is 4.47. The Balaban J connectivity index is 1.76. The average molecular weight is 403 g/mol. The van der Waals surface area contributed by atoms with Gasteiger partial charge in [0.2, 0.25) is 11.6 Å². The molecule has 0 bridgehead atoms. The van der Waals surface area contributed by atoms with Crippen LogP contribution in [0, 0.1) is 5.82 Å². The second kappa shape index (κ2) is 8.46. The van der Waals surface area contributed by atoms with E-state index in [1.54, 1.807) is 12.1 Å². The van der Waals surface area contributed by atoms with Gasteiger partial charge in [-0.15, -0.1) is 10.2 Å². The van der Waals surface area contributed by atoms with E-state index in [2.05, 4.69) is 10.2 Å². The zero-order valence-corrected chi connectivity index (χ0v) is 15.9. The molecule has 10 heteroatoms. The lowest BCUT2D eigenvalue weighted by Gasteiger charge is -2.12. The van der Waals surface area contributed by atoms with Gasteiger partial charge in [-0.3, -0.25) is 0 Å². The normalized spacial score (nSPS) is 10.5. The number of anilines is 1. The van der Waals surface area contributed by atoms with Gasteiger partial charge in [0, 0.05) is 11.3 Å². The SMILES string of the molecule is COc1cc(-c2nnc(COC(=O)c3ccc(F)cc3N)o2)cc(OC)c1OC. The van der Waals surface area contributed by atoms with Crippen LogP contribution in [0.3, 0.4) is 0 Å². The molecule has 2 N–H and O–H groups in total. The summed E-state index contributed by atoms with van der Waals surface area (Å²) >= 11 is 0. The number of esters is 1. The molecule has 29 heavy (non-hydrogen) atoms. The van der Waals surface area contributed by atoms with Crippen molar-refractivity contribution in [1.29, 1.82) is 0 Å². The van der Waals surface area contributed by atoms with Crippen LogP contribution in [0.1, 0.15) is 16.2 Å². The topological polar surface area (TPSA) is 119 Å². The Morgan fingerprint density at radius 2 is 1.76 bits per heavy atom. The van der Waals surface area contributed by atoms with Crippen molar-refractivity contribution in [3.05, 3.63) is 47.6 Å². The Bertz CT molecular complexity index is 1010. The second-order valence-corrected chi connectivity index (χ2v) is 5.72. The van der Waals surface area contributed by atoms with E-state index in [9.17, 15) is 9.18 Å². The number of halogens is 1. The van der Waals surface area contributed by atoms with Crippen molar-refractivity contribution in [1.82, 2.24) is 10.2 Å². The molecule has 0 fully saturated rings. The van der Waals surface area contributed by atoms with Crippen LogP contribution >= 0.6 is 0 Å². The fourth-order valence-corrected chi connectivity index (χ4v) is 2.56. The average Bonchev–Trinajstić information content (AvgIpc) is 3.20. The molecule has 9 nitrogen and oxygen atoms in total. The Morgan fingerprint density at radius 1 is 1.07 bits per heavy atom. The minimum atomic E-state index is -0.741. The fraction of sp³-hybridized carbons (Fsp3) is 0.211. The van der Waals surface area contributed by atoms with Gasteiger partial charge in [-0.25, -0.2) is 9.18 Å². The number of hydrogen-bond acceptors (Lipinski definition) is 9. The molecule has 1 heterocycles. The van der Waals surface area contributed by atoms with Crippen LogP contribution in [0.15, 0.2) is 34.7 Å². The summed E-state index contributed by atoms with van der Waals surface area (Å²) in [6, 6.07) is 6.67. The largest absolute Gasteiger partial charge is 0.493 e. The molecule has 0 aliphatic rings. The van der Waals surface area contributed by atoms with E-state index in [0.29, 0.717) is 22.8 Å². The van der Waals surface area contributed by atoms with Crippen LogP contribution < -0.4 is 19.9 Å². The number of carbonyl (C=O) groups excluding carboxylic acids is 1. The van der Waals surface area contributed by atoms with E-state index < -0.39 is 11.8 Å². The quantitative estimate of drug-likeness (QED) is 0.469. The van der Waals surface area contributed by atoms with Crippen molar-refractivity contribution in [2.24, 2.45) is 0 Å². The summed E-state index contributed by atoms with van der Waals surface area (Å²) in [6.45, 7) is -0.285. The van der Waals surface area contributed by atoms with E-state index in [4.69, 9.17) is 29.1 Å². The van der Waals surface area contributed by atoms with Crippen LogP contribution in [0.5, 0.6) is 17.2 Å². The van der Waals surface area contributed by atoms with Crippen molar-refractivity contribution >= 4 is 11.7 Å². The molecule has 0 amide bonds. The molecule has 2 aromatic carbocycles. The first-order chi connectivity index (χ1) is 14.0. The minimum Gasteiger partial charge on any atom is -0.493 e. The number of methoxy groups -OCH3 is 3.